The van der Waals surface area contributed by atoms with Gasteiger partial charge in [0.1, 0.15) is 5.82 Å². The van der Waals surface area contributed by atoms with E-state index in [1.54, 1.807) is 4.68 Å². The highest BCUT2D eigenvalue weighted by Gasteiger charge is 2.18. The van der Waals surface area contributed by atoms with E-state index >= 15 is 0 Å². The summed E-state index contributed by atoms with van der Waals surface area (Å²) in [5.74, 6) is 1.93. The Morgan fingerprint density at radius 2 is 1.91 bits per heavy atom. The lowest BCUT2D eigenvalue weighted by atomic mass is 10.0. The van der Waals surface area contributed by atoms with E-state index in [1.165, 1.54) is 11.3 Å². The number of ether oxygens (including phenoxy) is 2. The minimum absolute atomic E-state index is 0.106. The summed E-state index contributed by atoms with van der Waals surface area (Å²) >= 11 is 1.46. The van der Waals surface area contributed by atoms with E-state index in [9.17, 15) is 4.79 Å². The van der Waals surface area contributed by atoms with Gasteiger partial charge in [-0.25, -0.2) is 4.98 Å². The molecule has 5 aromatic rings. The van der Waals surface area contributed by atoms with Gasteiger partial charge in [0.05, 0.1) is 17.8 Å². The summed E-state index contributed by atoms with van der Waals surface area (Å²) < 4.78 is 12.6. The Bertz CT molecular complexity index is 1530. The molecule has 168 valence electrons. The van der Waals surface area contributed by atoms with Gasteiger partial charge < -0.3 is 14.8 Å². The zero-order valence-electron chi connectivity index (χ0n) is 18.3. The number of carbonyl (C=O) groups excluding carboxylic acids is 1. The molecule has 1 aliphatic heterocycles. The second-order valence-electron chi connectivity index (χ2n) is 8.03. The number of anilines is 1. The molecule has 8 heteroatoms. The molecule has 0 bridgehead atoms. The predicted molar refractivity (Wildman–Crippen MR) is 132 cm³/mol. The molecule has 0 saturated heterocycles. The quantitative estimate of drug-likeness (QED) is 0.375. The summed E-state index contributed by atoms with van der Waals surface area (Å²) in [5, 5.41) is 12.4. The maximum atomic E-state index is 13.0. The van der Waals surface area contributed by atoms with Gasteiger partial charge in [-0.1, -0.05) is 42.5 Å². The maximum Gasteiger partial charge on any atom is 0.231 e. The number of carbonyl (C=O) groups is 1. The van der Waals surface area contributed by atoms with E-state index in [0.29, 0.717) is 16.7 Å². The zero-order valence-corrected chi connectivity index (χ0v) is 19.1. The van der Waals surface area contributed by atoms with Gasteiger partial charge in [-0.3, -0.25) is 4.79 Å². The van der Waals surface area contributed by atoms with Gasteiger partial charge in [0.2, 0.25) is 17.8 Å². The SMILES string of the molecule is Cc1cc(NC(=O)Cc2cccc3ccccc23)n(-c2nc(-c3ccc4c(c3)OCO4)cs2)n1. The molecule has 2 aromatic heterocycles. The van der Waals surface area contributed by atoms with Gasteiger partial charge in [-0.2, -0.15) is 9.78 Å². The molecule has 0 saturated carbocycles. The lowest BCUT2D eigenvalue weighted by molar-refractivity contribution is -0.115. The minimum atomic E-state index is -0.106. The fourth-order valence-electron chi connectivity index (χ4n) is 4.09. The molecule has 0 aliphatic carbocycles. The minimum Gasteiger partial charge on any atom is -0.454 e. The fourth-order valence-corrected chi connectivity index (χ4v) is 4.89. The Balaban J connectivity index is 1.25. The van der Waals surface area contributed by atoms with Crippen LogP contribution >= 0.6 is 11.3 Å². The largest absolute Gasteiger partial charge is 0.454 e. The van der Waals surface area contributed by atoms with Crippen molar-refractivity contribution in [1.82, 2.24) is 14.8 Å². The van der Waals surface area contributed by atoms with Crippen LogP contribution in [0.3, 0.4) is 0 Å². The van der Waals surface area contributed by atoms with Gasteiger partial charge in [-0.05, 0) is 41.5 Å². The summed E-state index contributed by atoms with van der Waals surface area (Å²) in [6, 6.07) is 21.7. The summed E-state index contributed by atoms with van der Waals surface area (Å²) in [5.41, 5.74) is 3.51. The third-order valence-corrected chi connectivity index (χ3v) is 6.49. The first-order chi connectivity index (χ1) is 16.6. The van der Waals surface area contributed by atoms with Crippen LogP contribution in [0.5, 0.6) is 11.5 Å². The molecule has 0 radical (unpaired) electrons. The van der Waals surface area contributed by atoms with Gasteiger partial charge >= 0.3 is 0 Å². The Morgan fingerprint density at radius 3 is 2.85 bits per heavy atom. The molecule has 3 aromatic carbocycles. The second-order valence-corrected chi connectivity index (χ2v) is 8.87. The van der Waals surface area contributed by atoms with Crippen LogP contribution in [-0.2, 0) is 11.2 Å². The molecule has 1 N–H and O–H groups in total. The number of hydrogen-bond donors (Lipinski definition) is 1. The molecule has 34 heavy (non-hydrogen) atoms. The third kappa shape index (κ3) is 3.78. The number of aromatic nitrogens is 3. The van der Waals surface area contributed by atoms with Crippen LogP contribution in [-0.4, -0.2) is 27.5 Å². The maximum absolute atomic E-state index is 13.0. The van der Waals surface area contributed by atoms with Crippen molar-refractivity contribution in [2.45, 2.75) is 13.3 Å². The molecule has 0 spiro atoms. The van der Waals surface area contributed by atoms with Crippen LogP contribution in [0.25, 0.3) is 27.2 Å². The van der Waals surface area contributed by atoms with E-state index in [2.05, 4.69) is 22.5 Å². The third-order valence-electron chi connectivity index (χ3n) is 5.67. The summed E-state index contributed by atoms with van der Waals surface area (Å²) in [7, 11) is 0. The van der Waals surface area contributed by atoms with Crippen molar-refractivity contribution in [3.8, 4) is 27.9 Å². The number of hydrogen-bond acceptors (Lipinski definition) is 6. The number of benzene rings is 3. The highest BCUT2D eigenvalue weighted by molar-refractivity contribution is 7.12. The number of fused-ring (bicyclic) bond motifs is 2. The predicted octanol–water partition coefficient (Wildman–Crippen LogP) is 5.37. The van der Waals surface area contributed by atoms with Crippen molar-refractivity contribution in [3.63, 3.8) is 0 Å². The molecule has 0 unspecified atom stereocenters. The van der Waals surface area contributed by atoms with Crippen LogP contribution < -0.4 is 14.8 Å². The number of nitrogens with one attached hydrogen (secondary N) is 1. The molecule has 7 nitrogen and oxygen atoms in total. The molecule has 1 amide bonds. The van der Waals surface area contributed by atoms with Crippen molar-refractivity contribution in [2.75, 3.05) is 12.1 Å². The molecular weight excluding hydrogens is 448 g/mol. The molecule has 6 rings (SSSR count). The number of rotatable bonds is 5. The topological polar surface area (TPSA) is 78.3 Å². The second kappa shape index (κ2) is 8.31. The zero-order chi connectivity index (χ0) is 23.1. The molecule has 0 fully saturated rings. The average Bonchev–Trinajstić information content (AvgIpc) is 3.58. The van der Waals surface area contributed by atoms with Crippen molar-refractivity contribution in [1.29, 1.82) is 0 Å². The first-order valence-electron chi connectivity index (χ1n) is 10.8. The monoisotopic (exact) mass is 468 g/mol. The van der Waals surface area contributed by atoms with E-state index in [1.807, 2.05) is 66.9 Å². The number of aryl methyl sites for hydroxylation is 1. The first kappa shape index (κ1) is 20.4. The van der Waals surface area contributed by atoms with E-state index < -0.39 is 0 Å². The number of nitrogens with zero attached hydrogens (tertiary/aromatic N) is 3. The molecule has 0 atom stereocenters. The van der Waals surface area contributed by atoms with Gasteiger partial charge in [0.25, 0.3) is 0 Å². The van der Waals surface area contributed by atoms with E-state index in [0.717, 1.165) is 39.0 Å². The van der Waals surface area contributed by atoms with Gasteiger partial charge in [0, 0.05) is 17.0 Å². The Labute approximate surface area is 199 Å². The summed E-state index contributed by atoms with van der Waals surface area (Å²) in [6.07, 6.45) is 0.270. The summed E-state index contributed by atoms with van der Waals surface area (Å²) in [4.78, 5) is 17.7. The highest BCUT2D eigenvalue weighted by Crippen LogP contribution is 2.36. The van der Waals surface area contributed by atoms with E-state index in [4.69, 9.17) is 14.5 Å². The number of thiazole rings is 1. The number of amides is 1. The Kier molecular flexibility index (Phi) is 5.00. The van der Waals surface area contributed by atoms with Crippen LogP contribution in [0.2, 0.25) is 0 Å². The fraction of sp³-hybridized carbons (Fsp3) is 0.115. The van der Waals surface area contributed by atoms with Crippen LogP contribution in [0.15, 0.2) is 72.1 Å². The lowest BCUT2D eigenvalue weighted by Crippen LogP contribution is -2.17. The van der Waals surface area contributed by atoms with Crippen molar-refractivity contribution < 1.29 is 14.3 Å². The average molecular weight is 469 g/mol. The van der Waals surface area contributed by atoms with Crippen LogP contribution in [0.4, 0.5) is 5.82 Å². The Hall–Kier alpha value is -4.17. The van der Waals surface area contributed by atoms with Crippen molar-refractivity contribution >= 4 is 33.8 Å². The summed E-state index contributed by atoms with van der Waals surface area (Å²) in [6.45, 7) is 2.12. The smallest absolute Gasteiger partial charge is 0.231 e. The molecular formula is C26H20N4O3S. The van der Waals surface area contributed by atoms with Gasteiger partial charge in [-0.15, -0.1) is 11.3 Å². The van der Waals surface area contributed by atoms with E-state index in [-0.39, 0.29) is 19.1 Å². The first-order valence-corrected chi connectivity index (χ1v) is 11.7. The molecule has 1 aliphatic rings. The molecule has 3 heterocycles. The van der Waals surface area contributed by atoms with Crippen molar-refractivity contribution in [3.05, 3.63) is 83.4 Å². The van der Waals surface area contributed by atoms with Gasteiger partial charge in [0.15, 0.2) is 11.5 Å². The van der Waals surface area contributed by atoms with Crippen LogP contribution in [0, 0.1) is 6.92 Å². The Morgan fingerprint density at radius 1 is 1.06 bits per heavy atom. The normalized spacial score (nSPS) is 12.3. The lowest BCUT2D eigenvalue weighted by Gasteiger charge is -2.09. The highest BCUT2D eigenvalue weighted by atomic mass is 32.1. The standard InChI is InChI=1S/C26H20N4O3S/c1-16-11-24(28-25(31)13-18-7-4-6-17-5-2-3-8-20(17)18)30(29-16)26-27-21(14-34-26)19-9-10-22-23(12-19)33-15-32-22/h2-12,14H,13,15H2,1H3,(H,28,31). The van der Waals surface area contributed by atoms with Crippen LogP contribution in [0.1, 0.15) is 11.3 Å². The van der Waals surface area contributed by atoms with Crippen molar-refractivity contribution in [2.24, 2.45) is 0 Å².